The molecule has 0 unspecified atom stereocenters. The molecule has 2 aromatic heterocycles. The summed E-state index contributed by atoms with van der Waals surface area (Å²) in [7, 11) is 0. The van der Waals surface area contributed by atoms with Crippen LogP contribution < -0.4 is 5.32 Å². The van der Waals surface area contributed by atoms with Gasteiger partial charge in [0.15, 0.2) is 0 Å². The number of carbonyl (C=O) groups excluding carboxylic acids is 2. The van der Waals surface area contributed by atoms with Crippen molar-refractivity contribution in [2.45, 2.75) is 57.3 Å². The number of aliphatic hydroxyl groups is 1. The molecule has 1 saturated carbocycles. The Labute approximate surface area is 171 Å². The quantitative estimate of drug-likeness (QED) is 0.714. The Kier molecular flexibility index (Phi) is 5.98. The molecule has 0 saturated heterocycles. The lowest BCUT2D eigenvalue weighted by atomic mass is 9.87. The predicted molar refractivity (Wildman–Crippen MR) is 102 cm³/mol. The normalized spacial score (nSPS) is 20.1. The first-order chi connectivity index (χ1) is 14.0. The summed E-state index contributed by atoms with van der Waals surface area (Å²) in [4.78, 5) is 26.9. The molecule has 162 valence electrons. The van der Waals surface area contributed by atoms with Crippen molar-refractivity contribution in [2.75, 3.05) is 5.32 Å². The average molecular weight is 424 g/mol. The van der Waals surface area contributed by atoms with Gasteiger partial charge >= 0.3 is 6.18 Å². The molecule has 30 heavy (non-hydrogen) atoms. The third kappa shape index (κ3) is 4.86. The molecule has 1 aliphatic carbocycles. The Balaban J connectivity index is 1.85. The number of hydrogen-bond donors (Lipinski definition) is 2. The maximum absolute atomic E-state index is 12.9. The number of halogens is 3. The van der Waals surface area contributed by atoms with Crippen LogP contribution in [0.4, 0.5) is 18.9 Å². The Morgan fingerprint density at radius 2 is 1.90 bits per heavy atom. The molecule has 7 nitrogen and oxygen atoms in total. The largest absolute Gasteiger partial charge is 0.433 e. The van der Waals surface area contributed by atoms with E-state index in [1.165, 1.54) is 19.9 Å². The minimum atomic E-state index is -4.67. The van der Waals surface area contributed by atoms with Crippen LogP contribution in [-0.2, 0) is 16.6 Å². The van der Waals surface area contributed by atoms with Crippen molar-refractivity contribution >= 4 is 17.9 Å². The van der Waals surface area contributed by atoms with Gasteiger partial charge in [0, 0.05) is 12.1 Å². The van der Waals surface area contributed by atoms with Crippen LogP contribution in [0, 0.1) is 5.92 Å². The zero-order valence-corrected chi connectivity index (χ0v) is 16.6. The first kappa shape index (κ1) is 21.9. The number of amides is 1. The number of aldehydes is 1. The van der Waals surface area contributed by atoms with Crippen molar-refractivity contribution in [1.29, 1.82) is 0 Å². The van der Waals surface area contributed by atoms with Gasteiger partial charge in [0.1, 0.15) is 29.0 Å². The second-order valence-electron chi connectivity index (χ2n) is 8.00. The maximum atomic E-state index is 12.9. The number of nitrogens with zero attached hydrogens (tertiary/aromatic N) is 3. The summed E-state index contributed by atoms with van der Waals surface area (Å²) < 4.78 is 40.3. The molecule has 0 spiro atoms. The Morgan fingerprint density at radius 1 is 1.23 bits per heavy atom. The van der Waals surface area contributed by atoms with Crippen LogP contribution in [0.15, 0.2) is 24.4 Å². The topological polar surface area (TPSA) is 97.1 Å². The van der Waals surface area contributed by atoms with E-state index in [-0.39, 0.29) is 23.3 Å². The summed E-state index contributed by atoms with van der Waals surface area (Å²) in [5.74, 6) is -0.812. The highest BCUT2D eigenvalue weighted by atomic mass is 19.4. The Hall–Kier alpha value is -2.75. The summed E-state index contributed by atoms with van der Waals surface area (Å²) >= 11 is 0. The smallest absolute Gasteiger partial charge is 0.384 e. The fraction of sp³-hybridized carbons (Fsp3) is 0.500. The van der Waals surface area contributed by atoms with Crippen molar-refractivity contribution < 1.29 is 27.9 Å². The van der Waals surface area contributed by atoms with Crippen molar-refractivity contribution in [2.24, 2.45) is 5.92 Å². The molecule has 2 N–H and O–H groups in total. The number of anilines is 1. The van der Waals surface area contributed by atoms with E-state index in [9.17, 15) is 27.9 Å². The molecule has 2 heterocycles. The van der Waals surface area contributed by atoms with E-state index < -0.39 is 29.1 Å². The van der Waals surface area contributed by atoms with Crippen LogP contribution in [0.5, 0.6) is 0 Å². The number of hydrogen-bond acceptors (Lipinski definition) is 5. The summed E-state index contributed by atoms with van der Waals surface area (Å²) in [6.45, 7) is 3.00. The van der Waals surface area contributed by atoms with Crippen molar-refractivity contribution in [1.82, 2.24) is 14.8 Å². The van der Waals surface area contributed by atoms with Gasteiger partial charge in [-0.3, -0.25) is 9.48 Å². The Morgan fingerprint density at radius 3 is 2.47 bits per heavy atom. The molecule has 0 radical (unpaired) electrons. The van der Waals surface area contributed by atoms with E-state index in [1.54, 1.807) is 10.9 Å². The Bertz CT molecular complexity index is 926. The number of carbonyl (C=O) groups is 2. The lowest BCUT2D eigenvalue weighted by molar-refractivity contribution is -0.141. The van der Waals surface area contributed by atoms with E-state index >= 15 is 0 Å². The second kappa shape index (κ2) is 8.17. The van der Waals surface area contributed by atoms with E-state index in [4.69, 9.17) is 0 Å². The zero-order valence-electron chi connectivity index (χ0n) is 16.6. The number of alkyl halides is 3. The van der Waals surface area contributed by atoms with E-state index in [0.29, 0.717) is 0 Å². The zero-order chi connectivity index (χ0) is 22.1. The molecule has 0 bridgehead atoms. The van der Waals surface area contributed by atoms with Gasteiger partial charge in [0.2, 0.25) is 0 Å². The predicted octanol–water partition coefficient (Wildman–Crippen LogP) is 3.71. The molecule has 1 amide bonds. The van der Waals surface area contributed by atoms with E-state index in [2.05, 4.69) is 15.4 Å². The fourth-order valence-corrected chi connectivity index (χ4v) is 3.53. The number of nitrogens with one attached hydrogen (secondary N) is 1. The summed E-state index contributed by atoms with van der Waals surface area (Å²) in [5, 5.41) is 17.4. The van der Waals surface area contributed by atoms with Gasteiger partial charge in [0.25, 0.3) is 5.91 Å². The van der Waals surface area contributed by atoms with Crippen LogP contribution in [-0.4, -0.2) is 32.1 Å². The molecule has 10 heteroatoms. The molecule has 1 aliphatic rings. The van der Waals surface area contributed by atoms with Crippen LogP contribution in [0.1, 0.15) is 67.4 Å². The SMILES string of the molecule is CC(C)(O)c1nn(C2CCC(C=O)CC2)cc1NC(=O)c1cccc(C(F)(F)F)n1. The highest BCUT2D eigenvalue weighted by Crippen LogP contribution is 2.34. The van der Waals surface area contributed by atoms with Crippen LogP contribution >= 0.6 is 0 Å². The highest BCUT2D eigenvalue weighted by Gasteiger charge is 2.33. The molecular formula is C20H23F3N4O3. The average Bonchev–Trinajstić information content (AvgIpc) is 3.12. The lowest BCUT2D eigenvalue weighted by Crippen LogP contribution is -2.22. The molecular weight excluding hydrogens is 401 g/mol. The molecule has 3 rings (SSSR count). The monoisotopic (exact) mass is 424 g/mol. The lowest BCUT2D eigenvalue weighted by Gasteiger charge is -2.25. The van der Waals surface area contributed by atoms with Gasteiger partial charge < -0.3 is 15.2 Å². The van der Waals surface area contributed by atoms with Crippen LogP contribution in [0.25, 0.3) is 0 Å². The van der Waals surface area contributed by atoms with Crippen molar-refractivity contribution in [3.63, 3.8) is 0 Å². The molecule has 1 fully saturated rings. The van der Waals surface area contributed by atoms with E-state index in [0.717, 1.165) is 44.1 Å². The summed E-state index contributed by atoms with van der Waals surface area (Å²) in [5.41, 5.74) is -2.56. The standard InChI is InChI=1S/C20H23F3N4O3/c1-19(2,30)17-15(10-27(26-17)13-8-6-12(11-28)7-9-13)25-18(29)14-4-3-5-16(24-14)20(21,22)23/h3-5,10-13,30H,6-9H2,1-2H3,(H,25,29). The number of rotatable bonds is 5. The minimum absolute atomic E-state index is 0.000339. The van der Waals surface area contributed by atoms with Gasteiger partial charge in [-0.15, -0.1) is 0 Å². The van der Waals surface area contributed by atoms with Gasteiger partial charge in [-0.1, -0.05) is 6.07 Å². The molecule has 0 atom stereocenters. The second-order valence-corrected chi connectivity index (χ2v) is 8.00. The van der Waals surface area contributed by atoms with Gasteiger partial charge in [-0.25, -0.2) is 4.98 Å². The number of pyridine rings is 1. The first-order valence-corrected chi connectivity index (χ1v) is 9.62. The van der Waals surface area contributed by atoms with Crippen LogP contribution in [0.2, 0.25) is 0 Å². The van der Waals surface area contributed by atoms with Crippen molar-refractivity contribution in [3.8, 4) is 0 Å². The third-order valence-electron chi connectivity index (χ3n) is 5.14. The summed E-state index contributed by atoms with van der Waals surface area (Å²) in [6, 6.07) is 3.07. The maximum Gasteiger partial charge on any atom is 0.433 e. The minimum Gasteiger partial charge on any atom is -0.384 e. The first-order valence-electron chi connectivity index (χ1n) is 9.62. The van der Waals surface area contributed by atoms with Gasteiger partial charge in [-0.2, -0.15) is 18.3 Å². The third-order valence-corrected chi connectivity index (χ3v) is 5.14. The van der Waals surface area contributed by atoms with Gasteiger partial charge in [-0.05, 0) is 51.7 Å². The molecule has 0 aliphatic heterocycles. The molecule has 2 aromatic rings. The highest BCUT2D eigenvalue weighted by molar-refractivity contribution is 6.03. The summed E-state index contributed by atoms with van der Waals surface area (Å²) in [6.07, 6.45) is 0.737. The molecule has 0 aromatic carbocycles. The van der Waals surface area contributed by atoms with Gasteiger partial charge in [0.05, 0.1) is 11.7 Å². The van der Waals surface area contributed by atoms with Crippen molar-refractivity contribution in [3.05, 3.63) is 41.5 Å². The van der Waals surface area contributed by atoms with E-state index in [1.807, 2.05) is 0 Å². The number of aromatic nitrogens is 3. The fourth-order valence-electron chi connectivity index (χ4n) is 3.53. The van der Waals surface area contributed by atoms with Crippen LogP contribution in [0.3, 0.4) is 0 Å².